The van der Waals surface area contributed by atoms with Gasteiger partial charge in [0.2, 0.25) is 0 Å². The molecular weight excluding hydrogens is 234 g/mol. The van der Waals surface area contributed by atoms with Crippen LogP contribution in [0.25, 0.3) is 0 Å². The molecule has 3 heteroatoms. The lowest BCUT2D eigenvalue weighted by Gasteiger charge is -2.31. The Balaban J connectivity index is 2.88. The maximum absolute atomic E-state index is 13.7. The minimum absolute atomic E-state index is 0.0420. The van der Waals surface area contributed by atoms with Gasteiger partial charge in [-0.15, -0.1) is 0 Å². The molecule has 0 radical (unpaired) electrons. The normalized spacial score (nSPS) is 14.5. The van der Waals surface area contributed by atoms with Crippen LogP contribution in [0.4, 0.5) is 8.78 Å². The van der Waals surface area contributed by atoms with E-state index in [0.717, 1.165) is 31.7 Å². The smallest absolute Gasteiger partial charge is 0.129 e. The molecule has 0 saturated heterocycles. The molecule has 0 aromatic heterocycles. The van der Waals surface area contributed by atoms with Crippen LogP contribution >= 0.6 is 0 Å². The van der Waals surface area contributed by atoms with Crippen molar-refractivity contribution in [2.24, 2.45) is 5.41 Å². The minimum Gasteiger partial charge on any atom is -0.396 e. The van der Waals surface area contributed by atoms with E-state index in [0.29, 0.717) is 12.0 Å². The van der Waals surface area contributed by atoms with Crippen molar-refractivity contribution in [1.82, 2.24) is 0 Å². The Morgan fingerprint density at radius 2 is 1.94 bits per heavy atom. The highest BCUT2D eigenvalue weighted by Crippen LogP contribution is 2.33. The minimum atomic E-state index is -0.559. The van der Waals surface area contributed by atoms with E-state index < -0.39 is 11.6 Å². The number of halogens is 2. The number of aliphatic hydroxyl groups excluding tert-OH is 1. The lowest BCUT2D eigenvalue weighted by atomic mass is 9.76. The van der Waals surface area contributed by atoms with Crippen LogP contribution in [0.3, 0.4) is 0 Å². The molecule has 0 saturated carbocycles. The average Bonchev–Trinajstić information content (AvgIpc) is 2.37. The van der Waals surface area contributed by atoms with E-state index in [1.807, 2.05) is 6.92 Å². The first kappa shape index (κ1) is 15.1. The van der Waals surface area contributed by atoms with E-state index in [1.165, 1.54) is 12.1 Å². The van der Waals surface area contributed by atoms with Gasteiger partial charge < -0.3 is 5.11 Å². The maximum atomic E-state index is 13.7. The van der Waals surface area contributed by atoms with Gasteiger partial charge in [0, 0.05) is 12.7 Å². The van der Waals surface area contributed by atoms with Gasteiger partial charge in [-0.3, -0.25) is 0 Å². The van der Waals surface area contributed by atoms with Gasteiger partial charge in [0.1, 0.15) is 11.6 Å². The number of rotatable bonds is 7. The number of hydrogen-bond donors (Lipinski definition) is 1. The lowest BCUT2D eigenvalue weighted by Crippen LogP contribution is -2.28. The van der Waals surface area contributed by atoms with E-state index in [4.69, 9.17) is 0 Å². The van der Waals surface area contributed by atoms with E-state index >= 15 is 0 Å². The summed E-state index contributed by atoms with van der Waals surface area (Å²) in [5, 5.41) is 9.61. The predicted octanol–water partition coefficient (Wildman–Crippen LogP) is 4.09. The van der Waals surface area contributed by atoms with Gasteiger partial charge in [-0.1, -0.05) is 32.8 Å². The first-order chi connectivity index (χ1) is 8.56. The van der Waals surface area contributed by atoms with E-state index in [9.17, 15) is 13.9 Å². The summed E-state index contributed by atoms with van der Waals surface area (Å²) in [6.07, 6.45) is 4.19. The zero-order chi connectivity index (χ0) is 13.6. The second-order valence-electron chi connectivity index (χ2n) is 5.03. The summed E-state index contributed by atoms with van der Waals surface area (Å²) < 4.78 is 26.5. The van der Waals surface area contributed by atoms with Crippen LogP contribution < -0.4 is 0 Å². The van der Waals surface area contributed by atoms with Gasteiger partial charge in [-0.2, -0.15) is 0 Å². The Morgan fingerprint density at radius 1 is 1.22 bits per heavy atom. The molecule has 1 aromatic carbocycles. The van der Waals surface area contributed by atoms with Crippen LogP contribution in [-0.4, -0.2) is 11.7 Å². The molecule has 0 aliphatic carbocycles. The number of benzene rings is 1. The van der Waals surface area contributed by atoms with Crippen molar-refractivity contribution in [1.29, 1.82) is 0 Å². The molecule has 0 amide bonds. The highest BCUT2D eigenvalue weighted by molar-refractivity contribution is 5.20. The average molecular weight is 256 g/mol. The van der Waals surface area contributed by atoms with Gasteiger partial charge >= 0.3 is 0 Å². The molecule has 0 bridgehead atoms. The summed E-state index contributed by atoms with van der Waals surface area (Å²) in [6.45, 7) is 4.14. The Kier molecular flexibility index (Phi) is 5.73. The third-order valence-corrected chi connectivity index (χ3v) is 3.73. The quantitative estimate of drug-likeness (QED) is 0.779. The van der Waals surface area contributed by atoms with Crippen LogP contribution in [0.5, 0.6) is 0 Å². The number of aliphatic hydroxyl groups is 1. The molecule has 0 spiro atoms. The molecule has 1 unspecified atom stereocenters. The molecule has 102 valence electrons. The topological polar surface area (TPSA) is 20.2 Å². The van der Waals surface area contributed by atoms with Crippen molar-refractivity contribution in [3.63, 3.8) is 0 Å². The second-order valence-corrected chi connectivity index (χ2v) is 5.03. The zero-order valence-electron chi connectivity index (χ0n) is 11.2. The molecule has 1 aromatic rings. The van der Waals surface area contributed by atoms with Crippen LogP contribution in [0.15, 0.2) is 18.2 Å². The Labute approximate surface area is 108 Å². The lowest BCUT2D eigenvalue weighted by molar-refractivity contribution is 0.106. The Hall–Kier alpha value is -0.960. The van der Waals surface area contributed by atoms with Crippen molar-refractivity contribution in [3.8, 4) is 0 Å². The number of unbranched alkanes of at least 4 members (excludes halogenated alkanes) is 1. The zero-order valence-corrected chi connectivity index (χ0v) is 11.2. The van der Waals surface area contributed by atoms with E-state index in [-0.39, 0.29) is 12.0 Å². The summed E-state index contributed by atoms with van der Waals surface area (Å²) >= 11 is 0. The van der Waals surface area contributed by atoms with Crippen molar-refractivity contribution >= 4 is 0 Å². The molecule has 1 nitrogen and oxygen atoms in total. The van der Waals surface area contributed by atoms with Crippen molar-refractivity contribution in [2.45, 2.75) is 46.0 Å². The number of hydrogen-bond acceptors (Lipinski definition) is 1. The first-order valence-corrected chi connectivity index (χ1v) is 6.61. The van der Waals surface area contributed by atoms with E-state index in [1.54, 1.807) is 0 Å². The van der Waals surface area contributed by atoms with Crippen LogP contribution in [0, 0.1) is 17.0 Å². The van der Waals surface area contributed by atoms with Crippen LogP contribution in [0.2, 0.25) is 0 Å². The fourth-order valence-corrected chi connectivity index (χ4v) is 2.26. The molecule has 1 atom stereocenters. The van der Waals surface area contributed by atoms with Crippen LogP contribution in [0.1, 0.15) is 45.1 Å². The third-order valence-electron chi connectivity index (χ3n) is 3.73. The molecule has 0 fully saturated rings. The molecule has 0 aliphatic rings. The van der Waals surface area contributed by atoms with Crippen molar-refractivity contribution in [2.75, 3.05) is 6.61 Å². The van der Waals surface area contributed by atoms with Crippen LogP contribution in [-0.2, 0) is 6.42 Å². The summed E-state index contributed by atoms with van der Waals surface area (Å²) in [4.78, 5) is 0. The predicted molar refractivity (Wildman–Crippen MR) is 69.4 cm³/mol. The second kappa shape index (κ2) is 6.83. The monoisotopic (exact) mass is 256 g/mol. The molecule has 18 heavy (non-hydrogen) atoms. The maximum Gasteiger partial charge on any atom is 0.129 e. The van der Waals surface area contributed by atoms with Gasteiger partial charge in [-0.25, -0.2) is 8.78 Å². The van der Waals surface area contributed by atoms with Crippen molar-refractivity contribution < 1.29 is 13.9 Å². The van der Waals surface area contributed by atoms with Gasteiger partial charge in [0.25, 0.3) is 0 Å². The molecule has 0 heterocycles. The van der Waals surface area contributed by atoms with Gasteiger partial charge in [0.15, 0.2) is 0 Å². The van der Waals surface area contributed by atoms with Gasteiger partial charge in [-0.05, 0) is 36.3 Å². The first-order valence-electron chi connectivity index (χ1n) is 6.61. The molecule has 0 aliphatic heterocycles. The van der Waals surface area contributed by atoms with Crippen molar-refractivity contribution in [3.05, 3.63) is 35.4 Å². The fourth-order valence-electron chi connectivity index (χ4n) is 2.26. The molecule has 1 N–H and O–H groups in total. The summed E-state index contributed by atoms with van der Waals surface area (Å²) in [6, 6.07) is 3.67. The summed E-state index contributed by atoms with van der Waals surface area (Å²) in [5.41, 5.74) is 0.206. The Bertz CT molecular complexity index is 373. The standard InChI is InChI=1S/C15H22F2O/c1-3-5-8-15(4-2,11-18)10-12-6-7-13(16)9-14(12)17/h6-7,9,18H,3-5,8,10-11H2,1-2H3. The SMILES string of the molecule is CCCCC(CC)(CO)Cc1ccc(F)cc1F. The van der Waals surface area contributed by atoms with Gasteiger partial charge in [0.05, 0.1) is 0 Å². The fraction of sp³-hybridized carbons (Fsp3) is 0.600. The molecule has 1 rings (SSSR count). The largest absolute Gasteiger partial charge is 0.396 e. The highest BCUT2D eigenvalue weighted by atomic mass is 19.1. The highest BCUT2D eigenvalue weighted by Gasteiger charge is 2.28. The summed E-state index contributed by atoms with van der Waals surface area (Å²) in [7, 11) is 0. The molecular formula is C15H22F2O. The van der Waals surface area contributed by atoms with E-state index in [2.05, 4.69) is 6.92 Å². The third kappa shape index (κ3) is 3.77. The Morgan fingerprint density at radius 3 is 2.44 bits per heavy atom. The summed E-state index contributed by atoms with van der Waals surface area (Å²) in [5.74, 6) is -1.08.